The van der Waals surface area contributed by atoms with Gasteiger partial charge in [0.15, 0.2) is 0 Å². The molecule has 162 valence electrons. The molecular formula is C24H26N2O4S. The third-order valence-corrected chi connectivity index (χ3v) is 6.53. The number of hydrogen-bond donors (Lipinski definition) is 2. The van der Waals surface area contributed by atoms with Crippen LogP contribution in [-0.2, 0) is 10.0 Å². The van der Waals surface area contributed by atoms with Crippen LogP contribution < -0.4 is 14.8 Å². The van der Waals surface area contributed by atoms with Crippen molar-refractivity contribution in [3.63, 3.8) is 0 Å². The third kappa shape index (κ3) is 5.44. The van der Waals surface area contributed by atoms with Gasteiger partial charge < -0.3 is 10.1 Å². The summed E-state index contributed by atoms with van der Waals surface area (Å²) in [6, 6.07) is 18.9. The molecule has 7 heteroatoms. The number of carbonyl (C=O) groups excluding carboxylic acids is 1. The highest BCUT2D eigenvalue weighted by molar-refractivity contribution is 7.92. The molecule has 1 atom stereocenters. The monoisotopic (exact) mass is 438 g/mol. The Morgan fingerprint density at radius 2 is 1.58 bits per heavy atom. The Morgan fingerprint density at radius 3 is 2.19 bits per heavy atom. The van der Waals surface area contributed by atoms with Crippen LogP contribution in [0.3, 0.4) is 0 Å². The van der Waals surface area contributed by atoms with E-state index in [2.05, 4.69) is 10.0 Å². The maximum Gasteiger partial charge on any atom is 0.262 e. The van der Waals surface area contributed by atoms with Gasteiger partial charge in [-0.25, -0.2) is 8.42 Å². The fourth-order valence-electron chi connectivity index (χ4n) is 3.12. The molecule has 2 N–H and O–H groups in total. The number of methoxy groups -OCH3 is 1. The summed E-state index contributed by atoms with van der Waals surface area (Å²) in [5.74, 6) is 0.381. The second kappa shape index (κ2) is 9.22. The molecule has 0 bridgehead atoms. The summed E-state index contributed by atoms with van der Waals surface area (Å²) in [5.41, 5.74) is 3.24. The van der Waals surface area contributed by atoms with Crippen LogP contribution in [0.5, 0.6) is 5.75 Å². The van der Waals surface area contributed by atoms with Crippen LogP contribution in [0, 0.1) is 13.8 Å². The van der Waals surface area contributed by atoms with Gasteiger partial charge in [0.05, 0.1) is 18.0 Å². The van der Waals surface area contributed by atoms with Crippen LogP contribution in [0.1, 0.15) is 40.0 Å². The minimum absolute atomic E-state index is 0.0674. The van der Waals surface area contributed by atoms with Crippen LogP contribution in [-0.4, -0.2) is 21.4 Å². The van der Waals surface area contributed by atoms with E-state index in [4.69, 9.17) is 4.74 Å². The molecule has 0 aromatic heterocycles. The van der Waals surface area contributed by atoms with E-state index in [1.54, 1.807) is 38.3 Å². The molecule has 0 spiro atoms. The molecular weight excluding hydrogens is 412 g/mol. The van der Waals surface area contributed by atoms with Crippen molar-refractivity contribution in [1.29, 1.82) is 0 Å². The van der Waals surface area contributed by atoms with Crippen molar-refractivity contribution in [1.82, 2.24) is 5.32 Å². The van der Waals surface area contributed by atoms with Gasteiger partial charge in [-0.2, -0.15) is 0 Å². The van der Waals surface area contributed by atoms with Gasteiger partial charge in [-0.3, -0.25) is 9.52 Å². The number of rotatable bonds is 7. The fraction of sp³-hybridized carbons (Fsp3) is 0.208. The smallest absolute Gasteiger partial charge is 0.262 e. The Morgan fingerprint density at radius 1 is 0.935 bits per heavy atom. The molecule has 0 unspecified atom stereocenters. The summed E-state index contributed by atoms with van der Waals surface area (Å²) in [6.07, 6.45) is 0. The normalized spacial score (nSPS) is 12.1. The molecule has 0 fully saturated rings. The molecule has 0 radical (unpaired) electrons. The average Bonchev–Trinajstić information content (AvgIpc) is 2.75. The van der Waals surface area contributed by atoms with Crippen LogP contribution in [0.4, 0.5) is 5.69 Å². The van der Waals surface area contributed by atoms with Crippen LogP contribution in [0.2, 0.25) is 0 Å². The first-order valence-corrected chi connectivity index (χ1v) is 11.3. The van der Waals surface area contributed by atoms with Crippen molar-refractivity contribution in [2.75, 3.05) is 11.8 Å². The Labute approximate surface area is 183 Å². The number of benzene rings is 3. The van der Waals surface area contributed by atoms with Crippen molar-refractivity contribution in [2.24, 2.45) is 0 Å². The highest BCUT2D eigenvalue weighted by atomic mass is 32.2. The van der Waals surface area contributed by atoms with Crippen LogP contribution in [0.15, 0.2) is 71.6 Å². The van der Waals surface area contributed by atoms with E-state index < -0.39 is 10.0 Å². The average molecular weight is 439 g/mol. The number of carbonyl (C=O) groups is 1. The largest absolute Gasteiger partial charge is 0.497 e. The maximum atomic E-state index is 12.9. The Bertz CT molecular complexity index is 1170. The van der Waals surface area contributed by atoms with Gasteiger partial charge in [0.1, 0.15) is 5.75 Å². The van der Waals surface area contributed by atoms with E-state index in [1.165, 1.54) is 6.07 Å². The molecule has 6 nitrogen and oxygen atoms in total. The molecule has 3 aromatic rings. The fourth-order valence-corrected chi connectivity index (χ4v) is 4.45. The topological polar surface area (TPSA) is 84.5 Å². The summed E-state index contributed by atoms with van der Waals surface area (Å²) in [6.45, 7) is 5.49. The molecule has 3 aromatic carbocycles. The minimum atomic E-state index is -3.85. The van der Waals surface area contributed by atoms with Crippen LogP contribution >= 0.6 is 0 Å². The predicted octanol–water partition coefficient (Wildman–Crippen LogP) is 4.60. The first-order chi connectivity index (χ1) is 14.7. The summed E-state index contributed by atoms with van der Waals surface area (Å²) < 4.78 is 33.6. The minimum Gasteiger partial charge on any atom is -0.497 e. The van der Waals surface area contributed by atoms with E-state index in [0.717, 1.165) is 16.9 Å². The van der Waals surface area contributed by atoms with Gasteiger partial charge in [-0.15, -0.1) is 0 Å². The number of amides is 1. The van der Waals surface area contributed by atoms with Crippen LogP contribution in [0.25, 0.3) is 0 Å². The van der Waals surface area contributed by atoms with Gasteiger partial charge in [-0.1, -0.05) is 35.9 Å². The number of aryl methyl sites for hydroxylation is 2. The highest BCUT2D eigenvalue weighted by Gasteiger charge is 2.20. The number of sulfonamides is 1. The zero-order chi connectivity index (χ0) is 22.6. The van der Waals surface area contributed by atoms with Gasteiger partial charge >= 0.3 is 0 Å². The number of anilines is 1. The van der Waals surface area contributed by atoms with Gasteiger partial charge in [0.2, 0.25) is 0 Å². The predicted molar refractivity (Wildman–Crippen MR) is 122 cm³/mol. The summed E-state index contributed by atoms with van der Waals surface area (Å²) >= 11 is 0. The lowest BCUT2D eigenvalue weighted by atomic mass is 10.1. The summed E-state index contributed by atoms with van der Waals surface area (Å²) in [4.78, 5) is 12.9. The standard InChI is InChI=1S/C24H26N2O4S/c1-16-5-11-21(12-6-16)26-31(28,29)23-15-20(8-7-17(23)2)24(27)25-18(3)19-9-13-22(30-4)14-10-19/h5-15,18,26H,1-4H3,(H,25,27)/t18-/m0/s1. The number of hydrogen-bond acceptors (Lipinski definition) is 4. The lowest BCUT2D eigenvalue weighted by Gasteiger charge is -2.16. The number of nitrogens with one attached hydrogen (secondary N) is 2. The Kier molecular flexibility index (Phi) is 6.65. The molecule has 31 heavy (non-hydrogen) atoms. The van der Waals surface area contributed by atoms with E-state index >= 15 is 0 Å². The lowest BCUT2D eigenvalue weighted by Crippen LogP contribution is -2.27. The summed E-state index contributed by atoms with van der Waals surface area (Å²) in [7, 11) is -2.25. The van der Waals surface area contributed by atoms with E-state index in [-0.39, 0.29) is 22.4 Å². The van der Waals surface area contributed by atoms with Crippen molar-refractivity contribution >= 4 is 21.6 Å². The van der Waals surface area contributed by atoms with Gasteiger partial charge in [0, 0.05) is 11.3 Å². The molecule has 0 saturated carbocycles. The SMILES string of the molecule is COc1ccc([C@H](C)NC(=O)c2ccc(C)c(S(=O)(=O)Nc3ccc(C)cc3)c2)cc1. The zero-order valence-corrected chi connectivity index (χ0v) is 18.8. The summed E-state index contributed by atoms with van der Waals surface area (Å²) in [5, 5.41) is 2.91. The molecule has 0 aliphatic rings. The van der Waals surface area contributed by atoms with Crippen molar-refractivity contribution in [2.45, 2.75) is 31.7 Å². The molecule has 0 aliphatic heterocycles. The second-order valence-electron chi connectivity index (χ2n) is 7.42. The van der Waals surface area contributed by atoms with E-state index in [9.17, 15) is 13.2 Å². The quantitative estimate of drug-likeness (QED) is 0.564. The number of ether oxygens (including phenoxy) is 1. The van der Waals surface area contributed by atoms with Gasteiger partial charge in [0.25, 0.3) is 15.9 Å². The molecule has 1 amide bonds. The highest BCUT2D eigenvalue weighted by Crippen LogP contribution is 2.22. The third-order valence-electron chi connectivity index (χ3n) is 5.01. The molecule has 0 aliphatic carbocycles. The van der Waals surface area contributed by atoms with Crippen molar-refractivity contribution in [3.05, 3.63) is 89.0 Å². The van der Waals surface area contributed by atoms with Gasteiger partial charge in [-0.05, 0) is 68.3 Å². The van der Waals surface area contributed by atoms with Crippen molar-refractivity contribution < 1.29 is 17.9 Å². The van der Waals surface area contributed by atoms with E-state index in [0.29, 0.717) is 11.3 Å². The second-order valence-corrected chi connectivity index (χ2v) is 9.07. The van der Waals surface area contributed by atoms with Crippen molar-refractivity contribution in [3.8, 4) is 5.75 Å². The molecule has 0 heterocycles. The Hall–Kier alpha value is -3.32. The maximum absolute atomic E-state index is 12.9. The molecule has 0 saturated heterocycles. The first kappa shape index (κ1) is 22.4. The zero-order valence-electron chi connectivity index (χ0n) is 18.0. The first-order valence-electron chi connectivity index (χ1n) is 9.84. The molecule has 3 rings (SSSR count). The lowest BCUT2D eigenvalue weighted by molar-refractivity contribution is 0.0939. The van der Waals surface area contributed by atoms with E-state index in [1.807, 2.05) is 50.2 Å². The Balaban J connectivity index is 1.80.